The van der Waals surface area contributed by atoms with Gasteiger partial charge in [0.25, 0.3) is 0 Å². The summed E-state index contributed by atoms with van der Waals surface area (Å²) < 4.78 is 7.80. The molecule has 0 aliphatic carbocycles. The lowest BCUT2D eigenvalue weighted by molar-refractivity contribution is 0.112. The van der Waals surface area contributed by atoms with Gasteiger partial charge in [-0.25, -0.2) is 0 Å². The molecule has 0 fully saturated rings. The number of ether oxygens (including phenoxy) is 1. The summed E-state index contributed by atoms with van der Waals surface area (Å²) in [4.78, 5) is 11.1. The average Bonchev–Trinajstić information content (AvgIpc) is 2.42. The SMILES string of the molecule is CC(C)c1cc(Br)ccc1Oc1ccc(Br)cc1C=O. The maximum atomic E-state index is 11.1. The van der Waals surface area contributed by atoms with Crippen LogP contribution in [0.3, 0.4) is 0 Å². The van der Waals surface area contributed by atoms with Gasteiger partial charge >= 0.3 is 0 Å². The third kappa shape index (κ3) is 3.49. The van der Waals surface area contributed by atoms with Crippen molar-refractivity contribution >= 4 is 38.1 Å². The maximum absolute atomic E-state index is 11.1. The van der Waals surface area contributed by atoms with Gasteiger partial charge in [-0.1, -0.05) is 45.7 Å². The molecule has 20 heavy (non-hydrogen) atoms. The van der Waals surface area contributed by atoms with E-state index in [-0.39, 0.29) is 0 Å². The molecule has 2 nitrogen and oxygen atoms in total. The summed E-state index contributed by atoms with van der Waals surface area (Å²) in [6.45, 7) is 4.22. The smallest absolute Gasteiger partial charge is 0.153 e. The largest absolute Gasteiger partial charge is 0.456 e. The van der Waals surface area contributed by atoms with Gasteiger partial charge in [0.15, 0.2) is 6.29 Å². The molecule has 0 amide bonds. The zero-order chi connectivity index (χ0) is 14.7. The third-order valence-electron chi connectivity index (χ3n) is 2.91. The van der Waals surface area contributed by atoms with Crippen molar-refractivity contribution in [1.29, 1.82) is 0 Å². The Balaban J connectivity index is 2.42. The number of hydrogen-bond acceptors (Lipinski definition) is 2. The number of hydrogen-bond donors (Lipinski definition) is 0. The van der Waals surface area contributed by atoms with Gasteiger partial charge in [0.2, 0.25) is 0 Å². The van der Waals surface area contributed by atoms with Crippen LogP contribution in [0.5, 0.6) is 11.5 Å². The Morgan fingerprint density at radius 1 is 1.00 bits per heavy atom. The molecule has 0 saturated carbocycles. The van der Waals surface area contributed by atoms with E-state index in [0.717, 1.165) is 26.5 Å². The van der Waals surface area contributed by atoms with E-state index >= 15 is 0 Å². The Bertz CT molecular complexity index is 636. The molecule has 0 N–H and O–H groups in total. The fourth-order valence-corrected chi connectivity index (χ4v) is 2.64. The molecule has 0 heterocycles. The monoisotopic (exact) mass is 396 g/mol. The van der Waals surface area contributed by atoms with Gasteiger partial charge in [0, 0.05) is 8.95 Å². The van der Waals surface area contributed by atoms with E-state index < -0.39 is 0 Å². The summed E-state index contributed by atoms with van der Waals surface area (Å²) in [6.07, 6.45) is 0.800. The second-order valence-electron chi connectivity index (χ2n) is 4.74. The highest BCUT2D eigenvalue weighted by atomic mass is 79.9. The maximum Gasteiger partial charge on any atom is 0.153 e. The van der Waals surface area contributed by atoms with Crippen LogP contribution in [0.15, 0.2) is 45.3 Å². The van der Waals surface area contributed by atoms with E-state index in [2.05, 4.69) is 45.7 Å². The van der Waals surface area contributed by atoms with E-state index in [1.54, 1.807) is 12.1 Å². The van der Waals surface area contributed by atoms with E-state index in [4.69, 9.17) is 4.74 Å². The van der Waals surface area contributed by atoms with Gasteiger partial charge in [0.1, 0.15) is 11.5 Å². The minimum absolute atomic E-state index is 0.331. The highest BCUT2D eigenvalue weighted by Crippen LogP contribution is 2.34. The van der Waals surface area contributed by atoms with Crippen LogP contribution < -0.4 is 4.74 Å². The topological polar surface area (TPSA) is 26.3 Å². The summed E-state index contributed by atoms with van der Waals surface area (Å²) in [7, 11) is 0. The van der Waals surface area contributed by atoms with Crippen molar-refractivity contribution in [2.24, 2.45) is 0 Å². The Labute approximate surface area is 135 Å². The van der Waals surface area contributed by atoms with Crippen LogP contribution in [0.1, 0.15) is 35.7 Å². The summed E-state index contributed by atoms with van der Waals surface area (Å²) in [6, 6.07) is 11.3. The molecule has 2 rings (SSSR count). The quantitative estimate of drug-likeness (QED) is 0.596. The average molecular weight is 398 g/mol. The molecule has 2 aromatic rings. The first-order valence-electron chi connectivity index (χ1n) is 6.23. The zero-order valence-corrected chi connectivity index (χ0v) is 14.4. The van der Waals surface area contributed by atoms with Gasteiger partial charge < -0.3 is 4.74 Å². The first-order valence-corrected chi connectivity index (χ1v) is 7.82. The minimum atomic E-state index is 0.331. The molecule has 0 atom stereocenters. The highest BCUT2D eigenvalue weighted by Gasteiger charge is 2.11. The first-order chi connectivity index (χ1) is 9.51. The molecule has 0 aliphatic heterocycles. The van der Waals surface area contributed by atoms with Crippen molar-refractivity contribution in [2.45, 2.75) is 19.8 Å². The van der Waals surface area contributed by atoms with Crippen LogP contribution in [0, 0.1) is 0 Å². The molecule has 104 valence electrons. The highest BCUT2D eigenvalue weighted by molar-refractivity contribution is 9.10. The van der Waals surface area contributed by atoms with Gasteiger partial charge in [-0.2, -0.15) is 0 Å². The van der Waals surface area contributed by atoms with Crippen LogP contribution in [0.4, 0.5) is 0 Å². The van der Waals surface area contributed by atoms with E-state index in [0.29, 0.717) is 17.2 Å². The number of carbonyl (C=O) groups excluding carboxylic acids is 1. The summed E-state index contributed by atoms with van der Waals surface area (Å²) in [5.41, 5.74) is 1.62. The van der Waals surface area contributed by atoms with Crippen LogP contribution in [-0.2, 0) is 0 Å². The van der Waals surface area contributed by atoms with Crippen LogP contribution in [-0.4, -0.2) is 6.29 Å². The summed E-state index contributed by atoms with van der Waals surface area (Å²) >= 11 is 6.82. The fourth-order valence-electron chi connectivity index (χ4n) is 1.89. The van der Waals surface area contributed by atoms with Crippen molar-refractivity contribution in [3.63, 3.8) is 0 Å². The lowest BCUT2D eigenvalue weighted by Gasteiger charge is -2.15. The number of benzene rings is 2. The van der Waals surface area contributed by atoms with Crippen molar-refractivity contribution in [2.75, 3.05) is 0 Å². The predicted octanol–water partition coefficient (Wildman–Crippen LogP) is 5.94. The van der Waals surface area contributed by atoms with Crippen molar-refractivity contribution in [1.82, 2.24) is 0 Å². The molecule has 0 aliphatic rings. The van der Waals surface area contributed by atoms with Gasteiger partial charge in [-0.3, -0.25) is 4.79 Å². The zero-order valence-electron chi connectivity index (χ0n) is 11.2. The summed E-state index contributed by atoms with van der Waals surface area (Å²) in [5.74, 6) is 1.67. The Morgan fingerprint density at radius 2 is 1.60 bits per heavy atom. The second-order valence-corrected chi connectivity index (χ2v) is 6.57. The van der Waals surface area contributed by atoms with Crippen molar-refractivity contribution in [3.05, 3.63) is 56.5 Å². The number of carbonyl (C=O) groups is 1. The second kappa shape index (κ2) is 6.55. The Kier molecular flexibility index (Phi) is 5.00. The van der Waals surface area contributed by atoms with Gasteiger partial charge in [-0.15, -0.1) is 0 Å². The van der Waals surface area contributed by atoms with Crippen molar-refractivity contribution in [3.8, 4) is 11.5 Å². The molecule has 0 aromatic heterocycles. The molecular weight excluding hydrogens is 384 g/mol. The standard InChI is InChI=1S/C16H14Br2O2/c1-10(2)14-8-13(18)4-6-16(14)20-15-5-3-12(17)7-11(15)9-19/h3-10H,1-2H3. The van der Waals surface area contributed by atoms with Crippen LogP contribution in [0.2, 0.25) is 0 Å². The fraction of sp³-hybridized carbons (Fsp3) is 0.188. The lowest BCUT2D eigenvalue weighted by Crippen LogP contribution is -1.96. The minimum Gasteiger partial charge on any atom is -0.456 e. The lowest BCUT2D eigenvalue weighted by atomic mass is 10.0. The number of halogens is 2. The van der Waals surface area contributed by atoms with Crippen molar-refractivity contribution < 1.29 is 9.53 Å². The van der Waals surface area contributed by atoms with E-state index in [1.165, 1.54) is 0 Å². The molecule has 0 bridgehead atoms. The number of rotatable bonds is 4. The van der Waals surface area contributed by atoms with Gasteiger partial charge in [-0.05, 0) is 47.9 Å². The molecule has 4 heteroatoms. The first kappa shape index (κ1) is 15.3. The molecule has 0 unspecified atom stereocenters. The summed E-state index contributed by atoms with van der Waals surface area (Å²) in [5, 5.41) is 0. The van der Waals surface area contributed by atoms with Crippen LogP contribution >= 0.6 is 31.9 Å². The molecular formula is C16H14Br2O2. The molecule has 0 saturated heterocycles. The van der Waals surface area contributed by atoms with E-state index in [1.807, 2.05) is 24.3 Å². The molecule has 2 aromatic carbocycles. The Hall–Kier alpha value is -1.13. The van der Waals surface area contributed by atoms with Gasteiger partial charge in [0.05, 0.1) is 5.56 Å². The predicted molar refractivity (Wildman–Crippen MR) is 87.8 cm³/mol. The van der Waals surface area contributed by atoms with E-state index in [9.17, 15) is 4.79 Å². The normalized spacial score (nSPS) is 10.7. The Morgan fingerprint density at radius 3 is 2.20 bits per heavy atom. The molecule has 0 radical (unpaired) electrons. The third-order valence-corrected chi connectivity index (χ3v) is 3.90. The van der Waals surface area contributed by atoms with Crippen LogP contribution in [0.25, 0.3) is 0 Å². The molecule has 0 spiro atoms. The number of aldehydes is 1.